The van der Waals surface area contributed by atoms with Crippen molar-refractivity contribution < 1.29 is 28.7 Å². The highest BCUT2D eigenvalue weighted by Crippen LogP contribution is 2.06. The van der Waals surface area contributed by atoms with E-state index < -0.39 is 29.7 Å². The van der Waals surface area contributed by atoms with Crippen LogP contribution in [0.1, 0.15) is 54.4 Å². The summed E-state index contributed by atoms with van der Waals surface area (Å²) in [6.07, 6.45) is 0.811. The maximum Gasteiger partial charge on any atom is 0.408 e. The first-order chi connectivity index (χ1) is 13.8. The maximum absolute atomic E-state index is 12.1. The zero-order chi connectivity index (χ0) is 23.5. The van der Waals surface area contributed by atoms with E-state index in [-0.39, 0.29) is 17.9 Å². The average Bonchev–Trinajstić information content (AvgIpc) is 2.64. The molecule has 0 saturated heterocycles. The highest BCUT2D eigenvalue weighted by molar-refractivity contribution is 5.90. The van der Waals surface area contributed by atoms with Crippen molar-refractivity contribution in [3.63, 3.8) is 0 Å². The fourth-order valence-electron chi connectivity index (χ4n) is 2.35. The Kier molecular flexibility index (Phi) is 12.0. The number of ether oxygens (including phenoxy) is 2. The molecule has 0 aromatic carbocycles. The second-order valence-electron chi connectivity index (χ2n) is 8.28. The number of unbranched alkanes of at least 4 members (excludes halogenated alkanes) is 1. The number of nitrogens with zero attached hydrogens (tertiary/aromatic N) is 1. The lowest BCUT2D eigenvalue weighted by Gasteiger charge is -2.23. The molecule has 0 saturated carbocycles. The van der Waals surface area contributed by atoms with Gasteiger partial charge in [-0.25, -0.2) is 4.79 Å². The van der Waals surface area contributed by atoms with Gasteiger partial charge in [0, 0.05) is 6.54 Å². The van der Waals surface area contributed by atoms with E-state index in [1.165, 1.54) is 14.0 Å². The Morgan fingerprint density at radius 2 is 1.50 bits per heavy atom. The largest absolute Gasteiger partial charge is 0.468 e. The number of nitrogens with one attached hydrogen (secondary N) is 3. The molecule has 0 radical (unpaired) electrons. The molecule has 0 heterocycles. The number of carbonyl (C=O) groups is 4. The number of methoxy groups -OCH3 is 1. The van der Waals surface area contributed by atoms with E-state index in [0.29, 0.717) is 13.1 Å². The van der Waals surface area contributed by atoms with Gasteiger partial charge in [-0.2, -0.15) is 0 Å². The zero-order valence-electron chi connectivity index (χ0n) is 19.5. The van der Waals surface area contributed by atoms with E-state index in [1.807, 2.05) is 11.9 Å². The van der Waals surface area contributed by atoms with Crippen molar-refractivity contribution in [3.05, 3.63) is 0 Å². The molecule has 0 aromatic heterocycles. The summed E-state index contributed by atoms with van der Waals surface area (Å²) in [4.78, 5) is 49.4. The maximum atomic E-state index is 12.1. The Balaban J connectivity index is 4.17. The van der Waals surface area contributed by atoms with Crippen LogP contribution in [0.15, 0.2) is 0 Å². The lowest BCUT2D eigenvalue weighted by molar-refractivity contribution is -0.145. The molecule has 0 aliphatic carbocycles. The summed E-state index contributed by atoms with van der Waals surface area (Å²) >= 11 is 0. The number of esters is 1. The smallest absolute Gasteiger partial charge is 0.408 e. The summed E-state index contributed by atoms with van der Waals surface area (Å²) in [6, 6.07) is -1.92. The third-order valence-corrected chi connectivity index (χ3v) is 4.32. The van der Waals surface area contributed by atoms with E-state index in [4.69, 9.17) is 9.47 Å². The van der Waals surface area contributed by atoms with E-state index in [0.717, 1.165) is 12.8 Å². The molecule has 10 heteroatoms. The van der Waals surface area contributed by atoms with Crippen molar-refractivity contribution in [2.24, 2.45) is 0 Å². The number of rotatable bonds is 11. The first-order valence-corrected chi connectivity index (χ1v) is 10.1. The van der Waals surface area contributed by atoms with Crippen LogP contribution in [-0.2, 0) is 23.9 Å². The van der Waals surface area contributed by atoms with Crippen LogP contribution in [0.5, 0.6) is 0 Å². The van der Waals surface area contributed by atoms with Gasteiger partial charge in [-0.3, -0.25) is 19.3 Å². The minimum Gasteiger partial charge on any atom is -0.468 e. The van der Waals surface area contributed by atoms with Gasteiger partial charge in [-0.05, 0) is 68.0 Å². The van der Waals surface area contributed by atoms with Crippen LogP contribution in [0.3, 0.4) is 0 Å². The molecule has 0 rings (SSSR count). The minimum atomic E-state index is -0.845. The SMILES string of the molecule is COC(=O)C(C)N(C)CCCCNC(=O)C(C)NC(=O)C(C)NC(=O)OC(C)(C)C. The highest BCUT2D eigenvalue weighted by Gasteiger charge is 2.23. The van der Waals surface area contributed by atoms with Crippen LogP contribution in [0, 0.1) is 0 Å². The molecular formula is C20H38N4O6. The van der Waals surface area contributed by atoms with Crippen LogP contribution >= 0.6 is 0 Å². The highest BCUT2D eigenvalue weighted by atomic mass is 16.6. The molecule has 0 spiro atoms. The predicted octanol–water partition coefficient (Wildman–Crippen LogP) is 0.794. The average molecular weight is 431 g/mol. The normalized spacial score (nSPS) is 14.3. The molecule has 0 aliphatic rings. The van der Waals surface area contributed by atoms with Gasteiger partial charge in [-0.1, -0.05) is 0 Å². The first kappa shape index (κ1) is 27.6. The summed E-state index contributed by atoms with van der Waals surface area (Å²) in [5, 5.41) is 7.75. The van der Waals surface area contributed by atoms with E-state index >= 15 is 0 Å². The Labute approximate surface area is 179 Å². The third kappa shape index (κ3) is 11.6. The van der Waals surface area contributed by atoms with Crippen LogP contribution in [0.25, 0.3) is 0 Å². The number of carbonyl (C=O) groups excluding carboxylic acids is 4. The van der Waals surface area contributed by atoms with Crippen molar-refractivity contribution in [1.82, 2.24) is 20.9 Å². The quantitative estimate of drug-likeness (QED) is 0.327. The van der Waals surface area contributed by atoms with E-state index in [1.54, 1.807) is 34.6 Å². The Morgan fingerprint density at radius 3 is 2.03 bits per heavy atom. The van der Waals surface area contributed by atoms with Crippen molar-refractivity contribution in [2.75, 3.05) is 27.2 Å². The molecule has 0 bridgehead atoms. The fraction of sp³-hybridized carbons (Fsp3) is 0.800. The molecule has 10 nitrogen and oxygen atoms in total. The molecule has 3 N–H and O–H groups in total. The lowest BCUT2D eigenvalue weighted by atomic mass is 10.2. The van der Waals surface area contributed by atoms with Crippen molar-refractivity contribution >= 4 is 23.9 Å². The second kappa shape index (κ2) is 13.0. The molecular weight excluding hydrogens is 392 g/mol. The minimum absolute atomic E-state index is 0.286. The summed E-state index contributed by atoms with van der Waals surface area (Å²) < 4.78 is 9.81. The van der Waals surface area contributed by atoms with Gasteiger partial charge >= 0.3 is 12.1 Å². The van der Waals surface area contributed by atoms with Crippen LogP contribution in [0.4, 0.5) is 4.79 Å². The summed E-state index contributed by atoms with van der Waals surface area (Å²) in [5.41, 5.74) is -0.667. The molecule has 0 aliphatic heterocycles. The second-order valence-corrected chi connectivity index (χ2v) is 8.28. The Morgan fingerprint density at radius 1 is 0.933 bits per heavy atom. The first-order valence-electron chi connectivity index (χ1n) is 10.1. The number of amides is 3. The van der Waals surface area contributed by atoms with Crippen molar-refractivity contribution in [3.8, 4) is 0 Å². The molecule has 3 atom stereocenters. The molecule has 0 fully saturated rings. The van der Waals surface area contributed by atoms with Crippen LogP contribution in [-0.4, -0.2) is 79.8 Å². The molecule has 0 aromatic rings. The molecule has 174 valence electrons. The van der Waals surface area contributed by atoms with Crippen molar-refractivity contribution in [1.29, 1.82) is 0 Å². The molecule has 3 amide bonds. The van der Waals surface area contributed by atoms with Gasteiger partial charge in [0.05, 0.1) is 7.11 Å². The third-order valence-electron chi connectivity index (χ3n) is 4.32. The number of hydrogen-bond acceptors (Lipinski definition) is 7. The van der Waals surface area contributed by atoms with Gasteiger partial charge in [-0.15, -0.1) is 0 Å². The van der Waals surface area contributed by atoms with Gasteiger partial charge in [0.1, 0.15) is 23.7 Å². The fourth-order valence-corrected chi connectivity index (χ4v) is 2.35. The Hall–Kier alpha value is -2.36. The molecule has 30 heavy (non-hydrogen) atoms. The topological polar surface area (TPSA) is 126 Å². The van der Waals surface area contributed by atoms with Crippen molar-refractivity contribution in [2.45, 2.75) is 78.1 Å². The van der Waals surface area contributed by atoms with Gasteiger partial charge in [0.2, 0.25) is 11.8 Å². The van der Waals surface area contributed by atoms with Gasteiger partial charge < -0.3 is 25.4 Å². The Bertz CT molecular complexity index is 590. The monoisotopic (exact) mass is 430 g/mol. The van der Waals surface area contributed by atoms with Crippen LogP contribution < -0.4 is 16.0 Å². The summed E-state index contributed by atoms with van der Waals surface area (Å²) in [6.45, 7) is 11.2. The number of alkyl carbamates (subject to hydrolysis) is 1. The zero-order valence-corrected chi connectivity index (χ0v) is 19.5. The van der Waals surface area contributed by atoms with E-state index in [9.17, 15) is 19.2 Å². The lowest BCUT2D eigenvalue weighted by Crippen LogP contribution is -2.52. The number of hydrogen-bond donors (Lipinski definition) is 3. The predicted molar refractivity (Wildman–Crippen MR) is 113 cm³/mol. The van der Waals surface area contributed by atoms with Gasteiger partial charge in [0.25, 0.3) is 0 Å². The summed E-state index contributed by atoms with van der Waals surface area (Å²) in [7, 11) is 3.20. The summed E-state index contributed by atoms with van der Waals surface area (Å²) in [5.74, 6) is -1.09. The number of likely N-dealkylation sites (N-methyl/N-ethyl adjacent to an activating group) is 1. The van der Waals surface area contributed by atoms with Gasteiger partial charge in [0.15, 0.2) is 0 Å². The standard InChI is InChI=1S/C20H38N4O6/c1-13(22-17(26)14(2)23-19(28)30-20(4,5)6)16(25)21-11-9-10-12-24(7)15(3)18(27)29-8/h13-15H,9-12H2,1-8H3,(H,21,25)(H,22,26)(H,23,28). The van der Waals surface area contributed by atoms with E-state index in [2.05, 4.69) is 16.0 Å². The molecule has 3 unspecified atom stereocenters. The van der Waals surface area contributed by atoms with Crippen LogP contribution in [0.2, 0.25) is 0 Å².